The molecule has 0 saturated carbocycles. The standard InChI is InChI=1S/C17H10ClN3/c18-17-8-6-11-9-12(5-7-13(11)21-17)16-10-19-14-3-1-2-4-15(14)20-16/h1-10H. The lowest BCUT2D eigenvalue weighted by Gasteiger charge is -2.04. The summed E-state index contributed by atoms with van der Waals surface area (Å²) in [6, 6.07) is 17.6. The predicted octanol–water partition coefficient (Wildman–Crippen LogP) is 4.50. The van der Waals surface area contributed by atoms with Crippen LogP contribution >= 0.6 is 11.6 Å². The minimum absolute atomic E-state index is 0.501. The van der Waals surface area contributed by atoms with E-state index >= 15 is 0 Å². The van der Waals surface area contributed by atoms with Gasteiger partial charge in [0.25, 0.3) is 0 Å². The molecule has 0 atom stereocenters. The summed E-state index contributed by atoms with van der Waals surface area (Å²) in [7, 11) is 0. The van der Waals surface area contributed by atoms with Crippen molar-refractivity contribution in [2.24, 2.45) is 0 Å². The molecular formula is C17H10ClN3. The van der Waals surface area contributed by atoms with E-state index in [1.165, 1.54) is 0 Å². The maximum atomic E-state index is 5.91. The van der Waals surface area contributed by atoms with E-state index in [2.05, 4.69) is 21.0 Å². The lowest BCUT2D eigenvalue weighted by Crippen LogP contribution is -1.89. The summed E-state index contributed by atoms with van der Waals surface area (Å²) in [5.74, 6) is 0. The number of rotatable bonds is 1. The Bertz CT molecular complexity index is 966. The Morgan fingerprint density at radius 2 is 1.62 bits per heavy atom. The molecule has 4 aromatic rings. The molecule has 2 aromatic heterocycles. The van der Waals surface area contributed by atoms with Crippen LogP contribution in [0.25, 0.3) is 33.2 Å². The zero-order valence-corrected chi connectivity index (χ0v) is 11.7. The number of fused-ring (bicyclic) bond motifs is 2. The molecular weight excluding hydrogens is 282 g/mol. The molecule has 0 unspecified atom stereocenters. The fourth-order valence-corrected chi connectivity index (χ4v) is 2.51. The lowest BCUT2D eigenvalue weighted by atomic mass is 10.1. The third kappa shape index (κ3) is 2.22. The maximum absolute atomic E-state index is 5.91. The average molecular weight is 292 g/mol. The number of benzene rings is 2. The minimum Gasteiger partial charge on any atom is -0.252 e. The topological polar surface area (TPSA) is 38.7 Å². The summed E-state index contributed by atoms with van der Waals surface area (Å²) in [6.45, 7) is 0. The highest BCUT2D eigenvalue weighted by molar-refractivity contribution is 6.29. The molecule has 0 saturated heterocycles. The summed E-state index contributed by atoms with van der Waals surface area (Å²) < 4.78 is 0. The number of halogens is 1. The first-order chi connectivity index (χ1) is 10.3. The van der Waals surface area contributed by atoms with Crippen LogP contribution in [0.15, 0.2) is 60.8 Å². The Morgan fingerprint density at radius 3 is 2.52 bits per heavy atom. The Balaban J connectivity index is 1.89. The van der Waals surface area contributed by atoms with Gasteiger partial charge in [-0.3, -0.25) is 4.98 Å². The molecule has 0 aliphatic carbocycles. The molecule has 0 bridgehead atoms. The van der Waals surface area contributed by atoms with Crippen LogP contribution in [0.1, 0.15) is 0 Å². The van der Waals surface area contributed by atoms with Crippen LogP contribution < -0.4 is 0 Å². The zero-order chi connectivity index (χ0) is 14.2. The highest BCUT2D eigenvalue weighted by Gasteiger charge is 2.04. The van der Waals surface area contributed by atoms with Crippen molar-refractivity contribution in [3.05, 3.63) is 65.9 Å². The van der Waals surface area contributed by atoms with E-state index in [1.54, 1.807) is 12.3 Å². The van der Waals surface area contributed by atoms with Gasteiger partial charge in [-0.2, -0.15) is 0 Å². The normalized spacial score (nSPS) is 11.1. The molecule has 2 heterocycles. The van der Waals surface area contributed by atoms with Crippen molar-refractivity contribution in [2.75, 3.05) is 0 Å². The average Bonchev–Trinajstić information content (AvgIpc) is 2.54. The van der Waals surface area contributed by atoms with Crippen molar-refractivity contribution in [1.82, 2.24) is 15.0 Å². The minimum atomic E-state index is 0.501. The van der Waals surface area contributed by atoms with Crippen molar-refractivity contribution >= 4 is 33.5 Å². The first-order valence-electron chi connectivity index (χ1n) is 6.58. The number of hydrogen-bond donors (Lipinski definition) is 0. The van der Waals surface area contributed by atoms with Crippen LogP contribution in [0.3, 0.4) is 0 Å². The SMILES string of the molecule is Clc1ccc2cc(-c3cnc4ccccc4n3)ccc2n1. The van der Waals surface area contributed by atoms with E-state index in [1.807, 2.05) is 42.5 Å². The van der Waals surface area contributed by atoms with Gasteiger partial charge in [0.2, 0.25) is 0 Å². The third-order valence-electron chi connectivity index (χ3n) is 3.40. The molecule has 0 aliphatic rings. The largest absolute Gasteiger partial charge is 0.252 e. The molecule has 0 N–H and O–H groups in total. The zero-order valence-electron chi connectivity index (χ0n) is 11.0. The van der Waals surface area contributed by atoms with Crippen LogP contribution in [0.5, 0.6) is 0 Å². The molecule has 0 radical (unpaired) electrons. The van der Waals surface area contributed by atoms with Gasteiger partial charge in [-0.25, -0.2) is 9.97 Å². The van der Waals surface area contributed by atoms with Gasteiger partial charge in [-0.05, 0) is 36.4 Å². The molecule has 21 heavy (non-hydrogen) atoms. The van der Waals surface area contributed by atoms with E-state index in [0.29, 0.717) is 5.15 Å². The van der Waals surface area contributed by atoms with E-state index in [4.69, 9.17) is 11.6 Å². The quantitative estimate of drug-likeness (QED) is 0.485. The van der Waals surface area contributed by atoms with Crippen LogP contribution in [-0.2, 0) is 0 Å². The van der Waals surface area contributed by atoms with Crippen molar-refractivity contribution < 1.29 is 0 Å². The predicted molar refractivity (Wildman–Crippen MR) is 85.3 cm³/mol. The van der Waals surface area contributed by atoms with Crippen molar-refractivity contribution in [3.8, 4) is 11.3 Å². The molecule has 3 nitrogen and oxygen atoms in total. The summed E-state index contributed by atoms with van der Waals surface area (Å²) >= 11 is 5.91. The van der Waals surface area contributed by atoms with Crippen LogP contribution in [0.4, 0.5) is 0 Å². The van der Waals surface area contributed by atoms with Gasteiger partial charge >= 0.3 is 0 Å². The molecule has 0 spiro atoms. The molecule has 0 amide bonds. The number of pyridine rings is 1. The number of aromatic nitrogens is 3. The Kier molecular flexibility index (Phi) is 2.79. The van der Waals surface area contributed by atoms with Gasteiger partial charge in [0, 0.05) is 10.9 Å². The smallest absolute Gasteiger partial charge is 0.129 e. The highest BCUT2D eigenvalue weighted by Crippen LogP contribution is 2.24. The van der Waals surface area contributed by atoms with Gasteiger partial charge < -0.3 is 0 Å². The first-order valence-corrected chi connectivity index (χ1v) is 6.96. The van der Waals surface area contributed by atoms with Crippen molar-refractivity contribution in [3.63, 3.8) is 0 Å². The van der Waals surface area contributed by atoms with Crippen molar-refractivity contribution in [1.29, 1.82) is 0 Å². The monoisotopic (exact) mass is 291 g/mol. The molecule has 100 valence electrons. The Morgan fingerprint density at radius 1 is 0.762 bits per heavy atom. The lowest BCUT2D eigenvalue weighted by molar-refractivity contribution is 1.29. The molecule has 0 aliphatic heterocycles. The van der Waals surface area contributed by atoms with E-state index in [0.717, 1.165) is 33.2 Å². The fraction of sp³-hybridized carbons (Fsp3) is 0. The van der Waals surface area contributed by atoms with Gasteiger partial charge in [-0.15, -0.1) is 0 Å². The number of nitrogens with zero attached hydrogens (tertiary/aromatic N) is 3. The summed E-state index contributed by atoms with van der Waals surface area (Å²) in [6.07, 6.45) is 1.80. The van der Waals surface area contributed by atoms with Gasteiger partial charge in [0.05, 0.1) is 28.4 Å². The first kappa shape index (κ1) is 12.2. The maximum Gasteiger partial charge on any atom is 0.129 e. The molecule has 4 rings (SSSR count). The number of para-hydroxylation sites is 2. The van der Waals surface area contributed by atoms with Crippen LogP contribution in [0.2, 0.25) is 5.15 Å². The fourth-order valence-electron chi connectivity index (χ4n) is 2.36. The molecule has 2 aromatic carbocycles. The second-order valence-corrected chi connectivity index (χ2v) is 5.17. The summed E-state index contributed by atoms with van der Waals surface area (Å²) in [5.41, 5.74) is 4.54. The van der Waals surface area contributed by atoms with E-state index in [9.17, 15) is 0 Å². The van der Waals surface area contributed by atoms with Gasteiger partial charge in [0.1, 0.15) is 5.15 Å². The number of hydrogen-bond acceptors (Lipinski definition) is 3. The molecule has 4 heteroatoms. The Labute approximate surface area is 126 Å². The Hall–Kier alpha value is -2.52. The second-order valence-electron chi connectivity index (χ2n) is 4.79. The second kappa shape index (κ2) is 4.79. The summed E-state index contributed by atoms with van der Waals surface area (Å²) in [4.78, 5) is 13.4. The van der Waals surface area contributed by atoms with E-state index < -0.39 is 0 Å². The highest BCUT2D eigenvalue weighted by atomic mass is 35.5. The molecule has 0 fully saturated rings. The van der Waals surface area contributed by atoms with Gasteiger partial charge in [-0.1, -0.05) is 29.8 Å². The van der Waals surface area contributed by atoms with E-state index in [-0.39, 0.29) is 0 Å². The summed E-state index contributed by atoms with van der Waals surface area (Å²) in [5, 5.41) is 1.53. The van der Waals surface area contributed by atoms with Crippen LogP contribution in [0, 0.1) is 0 Å². The van der Waals surface area contributed by atoms with Gasteiger partial charge in [0.15, 0.2) is 0 Å². The van der Waals surface area contributed by atoms with Crippen LogP contribution in [-0.4, -0.2) is 15.0 Å². The van der Waals surface area contributed by atoms with Crippen molar-refractivity contribution in [2.45, 2.75) is 0 Å². The third-order valence-corrected chi connectivity index (χ3v) is 3.61.